The summed E-state index contributed by atoms with van der Waals surface area (Å²) in [5, 5.41) is 7.92. The monoisotopic (exact) mass is 353 g/mol. The summed E-state index contributed by atoms with van der Waals surface area (Å²) in [6.45, 7) is 1.72. The zero-order valence-corrected chi connectivity index (χ0v) is 14.1. The smallest absolute Gasteiger partial charge is 0.329 e. The molecule has 2 aromatic carbocycles. The van der Waals surface area contributed by atoms with E-state index in [0.29, 0.717) is 5.71 Å². The van der Waals surface area contributed by atoms with E-state index in [-0.39, 0.29) is 0 Å². The van der Waals surface area contributed by atoms with Gasteiger partial charge >= 0.3 is 11.8 Å². The van der Waals surface area contributed by atoms with Crippen LogP contribution in [-0.2, 0) is 9.59 Å². The van der Waals surface area contributed by atoms with Crippen molar-refractivity contribution in [2.75, 3.05) is 5.32 Å². The number of thiazole rings is 1. The second kappa shape index (κ2) is 7.10. The minimum Gasteiger partial charge on any atom is -0.361 e. The Hall–Kier alpha value is -3.26. The lowest BCUT2D eigenvalue weighted by Gasteiger charge is -2.05. The van der Waals surface area contributed by atoms with Crippen molar-refractivity contribution in [3.8, 4) is 0 Å². The Balaban J connectivity index is 1.70. The number of nitrogens with one attached hydrogen (secondary N) is 2. The van der Waals surface area contributed by atoms with Crippen LogP contribution in [0.2, 0.25) is 0 Å². The van der Waals surface area contributed by atoms with Crippen molar-refractivity contribution in [3.05, 3.63) is 54.1 Å². The number of nitrogens with zero attached hydrogens (tertiary/aromatic N) is 2. The summed E-state index contributed by atoms with van der Waals surface area (Å²) in [6, 6.07) is 15.4. The molecule has 25 heavy (non-hydrogen) atoms. The predicted molar refractivity (Wildman–Crippen MR) is 98.9 cm³/mol. The van der Waals surface area contributed by atoms with E-state index >= 15 is 0 Å². The number of para-hydroxylation sites is 1. The first-order valence-electron chi connectivity index (χ1n) is 7.40. The molecule has 2 amide bonds. The molecule has 0 saturated heterocycles. The van der Waals surface area contributed by atoms with Crippen molar-refractivity contribution >= 4 is 49.9 Å². The molecule has 0 unspecified atom stereocenters. The van der Waals surface area contributed by atoms with Gasteiger partial charge in [0.25, 0.3) is 0 Å². The Kier molecular flexibility index (Phi) is 4.71. The number of hydrazone groups is 1. The van der Waals surface area contributed by atoms with Crippen LogP contribution in [0.4, 0.5) is 10.8 Å². The number of rotatable bonds is 4. The molecule has 0 fully saturated rings. The maximum atomic E-state index is 11.1. The van der Waals surface area contributed by atoms with E-state index in [1.165, 1.54) is 0 Å². The van der Waals surface area contributed by atoms with Crippen LogP contribution in [0.15, 0.2) is 53.6 Å². The van der Waals surface area contributed by atoms with Crippen molar-refractivity contribution in [3.63, 3.8) is 0 Å². The van der Waals surface area contributed by atoms with Gasteiger partial charge in [-0.2, -0.15) is 5.10 Å². The normalized spacial score (nSPS) is 11.3. The third-order valence-electron chi connectivity index (χ3n) is 3.40. The van der Waals surface area contributed by atoms with Crippen LogP contribution in [-0.4, -0.2) is 22.5 Å². The van der Waals surface area contributed by atoms with Crippen molar-refractivity contribution in [2.45, 2.75) is 6.92 Å². The van der Waals surface area contributed by atoms with Crippen LogP contribution < -0.4 is 16.5 Å². The number of primary amides is 1. The third-order valence-corrected chi connectivity index (χ3v) is 4.35. The van der Waals surface area contributed by atoms with Gasteiger partial charge in [0.2, 0.25) is 0 Å². The average molecular weight is 353 g/mol. The van der Waals surface area contributed by atoms with Crippen LogP contribution in [0.5, 0.6) is 0 Å². The summed E-state index contributed by atoms with van der Waals surface area (Å²) in [5.74, 6) is -2.03. The predicted octanol–water partition coefficient (Wildman–Crippen LogP) is 2.37. The topological polar surface area (TPSA) is 109 Å². The van der Waals surface area contributed by atoms with Crippen molar-refractivity contribution in [1.29, 1.82) is 0 Å². The molecule has 3 aromatic rings. The largest absolute Gasteiger partial charge is 0.361 e. The minimum atomic E-state index is -1.08. The molecule has 0 spiro atoms. The van der Waals surface area contributed by atoms with E-state index in [4.69, 9.17) is 5.73 Å². The quantitative estimate of drug-likeness (QED) is 0.380. The third kappa shape index (κ3) is 3.99. The molecule has 4 N–H and O–H groups in total. The van der Waals surface area contributed by atoms with Gasteiger partial charge in [0.15, 0.2) is 5.13 Å². The zero-order chi connectivity index (χ0) is 17.8. The summed E-state index contributed by atoms with van der Waals surface area (Å²) in [4.78, 5) is 26.3. The SMILES string of the molecule is C/C(=N/NC(=O)C(N)=O)c1ccc(Nc2nc3ccccc3s2)cc1. The molecule has 0 aliphatic rings. The molecule has 0 atom stereocenters. The highest BCUT2D eigenvalue weighted by atomic mass is 32.1. The number of carbonyl (C=O) groups is 2. The number of hydrogen-bond donors (Lipinski definition) is 3. The Bertz CT molecular complexity index is 930. The molecule has 0 aliphatic carbocycles. The molecule has 0 bridgehead atoms. The van der Waals surface area contributed by atoms with Gasteiger partial charge in [-0.3, -0.25) is 9.59 Å². The number of aromatic nitrogens is 1. The molecular weight excluding hydrogens is 338 g/mol. The maximum Gasteiger partial charge on any atom is 0.329 e. The molecule has 0 radical (unpaired) electrons. The Labute approximate surface area is 147 Å². The van der Waals surface area contributed by atoms with Crippen LogP contribution in [0.1, 0.15) is 12.5 Å². The second-order valence-electron chi connectivity index (χ2n) is 5.19. The van der Waals surface area contributed by atoms with Gasteiger partial charge in [0.1, 0.15) is 0 Å². The van der Waals surface area contributed by atoms with Gasteiger partial charge in [-0.1, -0.05) is 35.6 Å². The highest BCUT2D eigenvalue weighted by molar-refractivity contribution is 7.22. The summed E-state index contributed by atoms with van der Waals surface area (Å²) in [7, 11) is 0. The summed E-state index contributed by atoms with van der Waals surface area (Å²) in [6.07, 6.45) is 0. The number of carbonyl (C=O) groups excluding carboxylic acids is 2. The van der Waals surface area contributed by atoms with Gasteiger partial charge in [0, 0.05) is 5.69 Å². The van der Waals surface area contributed by atoms with Crippen LogP contribution in [0.3, 0.4) is 0 Å². The van der Waals surface area contributed by atoms with E-state index in [1.54, 1.807) is 18.3 Å². The average Bonchev–Trinajstić information content (AvgIpc) is 3.02. The first-order valence-corrected chi connectivity index (χ1v) is 8.21. The van der Waals surface area contributed by atoms with Crippen molar-refractivity contribution in [1.82, 2.24) is 10.4 Å². The first-order chi connectivity index (χ1) is 12.0. The van der Waals surface area contributed by atoms with Gasteiger partial charge in [-0.25, -0.2) is 10.4 Å². The Morgan fingerprint density at radius 3 is 2.52 bits per heavy atom. The number of hydrogen-bond acceptors (Lipinski definition) is 6. The fourth-order valence-electron chi connectivity index (χ4n) is 2.10. The Morgan fingerprint density at radius 1 is 1.12 bits per heavy atom. The standard InChI is InChI=1S/C17H15N5O2S/c1-10(21-22-16(24)15(18)23)11-6-8-12(9-7-11)19-17-20-13-4-2-3-5-14(13)25-17/h2-9H,1H3,(H2,18,23)(H,19,20)(H,22,24)/b21-10-. The highest BCUT2D eigenvalue weighted by Crippen LogP contribution is 2.28. The lowest BCUT2D eigenvalue weighted by molar-refractivity contribution is -0.137. The van der Waals surface area contributed by atoms with Gasteiger partial charge in [-0.15, -0.1) is 0 Å². The molecule has 8 heteroatoms. The number of nitrogens with two attached hydrogens (primary N) is 1. The fourth-order valence-corrected chi connectivity index (χ4v) is 2.98. The van der Waals surface area contributed by atoms with E-state index in [1.807, 2.05) is 48.5 Å². The molecule has 1 aromatic heterocycles. The van der Waals surface area contributed by atoms with Crippen molar-refractivity contribution in [2.24, 2.45) is 10.8 Å². The van der Waals surface area contributed by atoms with Gasteiger partial charge in [-0.05, 0) is 36.8 Å². The molecule has 7 nitrogen and oxygen atoms in total. The molecule has 3 rings (SSSR count). The van der Waals surface area contributed by atoms with Gasteiger partial charge in [0.05, 0.1) is 15.9 Å². The van der Waals surface area contributed by atoms with Crippen LogP contribution in [0.25, 0.3) is 10.2 Å². The molecule has 0 saturated carbocycles. The zero-order valence-electron chi connectivity index (χ0n) is 13.3. The summed E-state index contributed by atoms with van der Waals surface area (Å²) in [5.41, 5.74) is 10.2. The van der Waals surface area contributed by atoms with Gasteiger partial charge < -0.3 is 11.1 Å². The highest BCUT2D eigenvalue weighted by Gasteiger charge is 2.07. The Morgan fingerprint density at radius 2 is 1.84 bits per heavy atom. The van der Waals surface area contributed by atoms with E-state index < -0.39 is 11.8 Å². The first kappa shape index (κ1) is 16.6. The lowest BCUT2D eigenvalue weighted by atomic mass is 10.1. The second-order valence-corrected chi connectivity index (χ2v) is 6.22. The minimum absolute atomic E-state index is 0.557. The lowest BCUT2D eigenvalue weighted by Crippen LogP contribution is -2.33. The van der Waals surface area contributed by atoms with E-state index in [2.05, 4.69) is 20.8 Å². The number of fused-ring (bicyclic) bond motifs is 1. The number of amides is 2. The summed E-state index contributed by atoms with van der Waals surface area (Å²) >= 11 is 1.58. The molecule has 1 heterocycles. The van der Waals surface area contributed by atoms with Crippen LogP contribution in [0, 0.1) is 0 Å². The number of anilines is 2. The van der Waals surface area contributed by atoms with Crippen molar-refractivity contribution < 1.29 is 9.59 Å². The van der Waals surface area contributed by atoms with Crippen LogP contribution >= 0.6 is 11.3 Å². The molecule has 0 aliphatic heterocycles. The number of benzene rings is 2. The maximum absolute atomic E-state index is 11.1. The van der Waals surface area contributed by atoms with E-state index in [0.717, 1.165) is 26.6 Å². The van der Waals surface area contributed by atoms with E-state index in [9.17, 15) is 9.59 Å². The molecule has 126 valence electrons. The fraction of sp³-hybridized carbons (Fsp3) is 0.0588. The molecular formula is C17H15N5O2S. The summed E-state index contributed by atoms with van der Waals surface area (Å²) < 4.78 is 1.12.